The van der Waals surface area contributed by atoms with Crippen molar-refractivity contribution in [3.05, 3.63) is 28.8 Å². The normalized spacial score (nSPS) is 17.6. The number of hydrogen-bond acceptors (Lipinski definition) is 2. The topological polar surface area (TPSA) is 6.48 Å². The molecule has 0 N–H and O–H groups in total. The van der Waals surface area contributed by atoms with Crippen LogP contribution in [0.2, 0.25) is 5.02 Å². The van der Waals surface area contributed by atoms with Crippen molar-refractivity contribution < 1.29 is 13.2 Å². The van der Waals surface area contributed by atoms with Crippen molar-refractivity contribution in [3.8, 4) is 0 Å². The number of alkyl halides is 4. The molecule has 0 spiro atoms. The molecule has 1 aromatic rings. The Bertz CT molecular complexity index is 457. The zero-order valence-corrected chi connectivity index (χ0v) is 12.3. The fourth-order valence-corrected chi connectivity index (χ4v) is 2.74. The van der Waals surface area contributed by atoms with E-state index >= 15 is 0 Å². The quantitative estimate of drug-likeness (QED) is 0.781. The highest BCUT2D eigenvalue weighted by molar-refractivity contribution is 6.31. The molecule has 1 saturated heterocycles. The van der Waals surface area contributed by atoms with E-state index in [2.05, 4.69) is 4.90 Å². The summed E-state index contributed by atoms with van der Waals surface area (Å²) in [6, 6.07) is 4.07. The van der Waals surface area contributed by atoms with Crippen molar-refractivity contribution in [1.29, 1.82) is 0 Å². The molecule has 0 aliphatic carbocycles. The van der Waals surface area contributed by atoms with Crippen LogP contribution in [0.4, 0.5) is 18.9 Å². The molecular weight excluding hydrogens is 312 g/mol. The SMILES string of the molecule is FC(F)(F)c1cc(N2CCN(CCCl)CC2)ccc1Cl. The number of benzene rings is 1. The largest absolute Gasteiger partial charge is 0.417 e. The molecule has 112 valence electrons. The van der Waals surface area contributed by atoms with E-state index in [0.29, 0.717) is 24.7 Å². The molecule has 2 rings (SSSR count). The zero-order valence-electron chi connectivity index (χ0n) is 10.8. The molecule has 0 unspecified atom stereocenters. The predicted molar refractivity (Wildman–Crippen MR) is 75.8 cm³/mol. The summed E-state index contributed by atoms with van der Waals surface area (Å²) >= 11 is 11.3. The maximum Gasteiger partial charge on any atom is 0.417 e. The number of rotatable bonds is 3. The third kappa shape index (κ3) is 3.71. The molecule has 0 aromatic heterocycles. The van der Waals surface area contributed by atoms with Crippen LogP contribution in [0.5, 0.6) is 0 Å². The summed E-state index contributed by atoms with van der Waals surface area (Å²) in [5.74, 6) is 0.569. The third-order valence-corrected chi connectivity index (χ3v) is 3.89. The van der Waals surface area contributed by atoms with Gasteiger partial charge in [0.1, 0.15) is 0 Å². The molecule has 1 heterocycles. The van der Waals surface area contributed by atoms with E-state index in [0.717, 1.165) is 25.7 Å². The highest BCUT2D eigenvalue weighted by atomic mass is 35.5. The van der Waals surface area contributed by atoms with Crippen LogP contribution in [-0.4, -0.2) is 43.5 Å². The molecule has 7 heteroatoms. The second-order valence-corrected chi connectivity index (χ2v) is 5.46. The summed E-state index contributed by atoms with van der Waals surface area (Å²) in [5, 5.41) is -0.262. The van der Waals surface area contributed by atoms with E-state index in [9.17, 15) is 13.2 Å². The van der Waals surface area contributed by atoms with E-state index in [1.165, 1.54) is 6.07 Å². The van der Waals surface area contributed by atoms with Gasteiger partial charge in [-0.05, 0) is 18.2 Å². The van der Waals surface area contributed by atoms with Crippen LogP contribution < -0.4 is 4.90 Å². The molecule has 1 aromatic carbocycles. The second kappa shape index (κ2) is 6.41. The molecule has 0 radical (unpaired) electrons. The van der Waals surface area contributed by atoms with E-state index < -0.39 is 11.7 Å². The van der Waals surface area contributed by atoms with Crippen molar-refractivity contribution in [2.24, 2.45) is 0 Å². The fraction of sp³-hybridized carbons (Fsp3) is 0.538. The summed E-state index contributed by atoms with van der Waals surface area (Å²) in [6.07, 6.45) is -4.42. The van der Waals surface area contributed by atoms with Gasteiger partial charge in [0, 0.05) is 44.3 Å². The lowest BCUT2D eigenvalue weighted by Gasteiger charge is -2.36. The Labute approximate surface area is 126 Å². The van der Waals surface area contributed by atoms with Gasteiger partial charge in [0.15, 0.2) is 0 Å². The number of halogens is 5. The molecule has 20 heavy (non-hydrogen) atoms. The summed E-state index contributed by atoms with van der Waals surface area (Å²) in [7, 11) is 0. The Morgan fingerprint density at radius 3 is 2.30 bits per heavy atom. The van der Waals surface area contributed by atoms with Crippen LogP contribution in [0, 0.1) is 0 Å². The molecule has 1 aliphatic heterocycles. The first-order valence-electron chi connectivity index (χ1n) is 6.32. The summed E-state index contributed by atoms with van der Waals surface area (Å²) in [4.78, 5) is 4.14. The smallest absolute Gasteiger partial charge is 0.369 e. The maximum absolute atomic E-state index is 12.8. The molecule has 0 saturated carbocycles. The van der Waals surface area contributed by atoms with Crippen molar-refractivity contribution in [2.45, 2.75) is 6.18 Å². The first-order chi connectivity index (χ1) is 9.41. The molecule has 0 bridgehead atoms. The number of hydrogen-bond donors (Lipinski definition) is 0. The van der Waals surface area contributed by atoms with Gasteiger partial charge < -0.3 is 4.90 Å². The minimum Gasteiger partial charge on any atom is -0.369 e. The Balaban J connectivity index is 2.11. The Morgan fingerprint density at radius 2 is 1.75 bits per heavy atom. The molecule has 2 nitrogen and oxygen atoms in total. The van der Waals surface area contributed by atoms with Gasteiger partial charge in [-0.2, -0.15) is 13.2 Å². The van der Waals surface area contributed by atoms with E-state index in [1.54, 1.807) is 6.07 Å². The Kier molecular flexibility index (Phi) is 5.04. The van der Waals surface area contributed by atoms with Gasteiger partial charge in [0.2, 0.25) is 0 Å². The van der Waals surface area contributed by atoms with Gasteiger partial charge in [-0.3, -0.25) is 4.90 Å². The van der Waals surface area contributed by atoms with Gasteiger partial charge in [-0.25, -0.2) is 0 Å². The molecule has 1 aliphatic rings. The Hall–Kier alpha value is -0.650. The standard InChI is InChI=1S/C13H15Cl2F3N2/c14-3-4-19-5-7-20(8-6-19)10-1-2-12(15)11(9-10)13(16,17)18/h1-2,9H,3-8H2. The lowest BCUT2D eigenvalue weighted by atomic mass is 10.1. The van der Waals surface area contributed by atoms with Gasteiger partial charge in [0.05, 0.1) is 10.6 Å². The molecule has 1 fully saturated rings. The molecular formula is C13H15Cl2F3N2. The highest BCUT2D eigenvalue weighted by Crippen LogP contribution is 2.37. The van der Waals surface area contributed by atoms with Crippen LogP contribution in [0.1, 0.15) is 5.56 Å². The first kappa shape index (κ1) is 15.7. The van der Waals surface area contributed by atoms with Crippen LogP contribution in [-0.2, 0) is 6.18 Å². The second-order valence-electron chi connectivity index (χ2n) is 4.68. The number of nitrogens with zero attached hydrogens (tertiary/aromatic N) is 2. The average Bonchev–Trinajstić information content (AvgIpc) is 2.39. The summed E-state index contributed by atoms with van der Waals surface area (Å²) in [6.45, 7) is 3.79. The third-order valence-electron chi connectivity index (χ3n) is 3.39. The van der Waals surface area contributed by atoms with Crippen LogP contribution in [0.25, 0.3) is 0 Å². The number of piperazine rings is 1. The summed E-state index contributed by atoms with van der Waals surface area (Å²) in [5.41, 5.74) is -0.216. The lowest BCUT2D eigenvalue weighted by Crippen LogP contribution is -2.47. The fourth-order valence-electron chi connectivity index (χ4n) is 2.28. The predicted octanol–water partition coefficient (Wildman–Crippen LogP) is 3.72. The summed E-state index contributed by atoms with van der Waals surface area (Å²) < 4.78 is 38.5. The minimum absolute atomic E-state index is 0.262. The van der Waals surface area contributed by atoms with E-state index in [-0.39, 0.29) is 5.02 Å². The van der Waals surface area contributed by atoms with E-state index in [1.807, 2.05) is 4.90 Å². The monoisotopic (exact) mass is 326 g/mol. The number of anilines is 1. The Morgan fingerprint density at radius 1 is 1.10 bits per heavy atom. The first-order valence-corrected chi connectivity index (χ1v) is 7.23. The van der Waals surface area contributed by atoms with Crippen LogP contribution >= 0.6 is 23.2 Å². The zero-order chi connectivity index (χ0) is 14.8. The van der Waals surface area contributed by atoms with Gasteiger partial charge >= 0.3 is 6.18 Å². The van der Waals surface area contributed by atoms with Gasteiger partial charge in [-0.1, -0.05) is 11.6 Å². The van der Waals surface area contributed by atoms with Crippen LogP contribution in [0.3, 0.4) is 0 Å². The maximum atomic E-state index is 12.8. The van der Waals surface area contributed by atoms with Crippen molar-refractivity contribution in [1.82, 2.24) is 4.90 Å². The molecule has 0 atom stereocenters. The highest BCUT2D eigenvalue weighted by Gasteiger charge is 2.34. The van der Waals surface area contributed by atoms with Crippen LogP contribution in [0.15, 0.2) is 18.2 Å². The lowest BCUT2D eigenvalue weighted by molar-refractivity contribution is -0.137. The molecule has 0 amide bonds. The van der Waals surface area contributed by atoms with Gasteiger partial charge in [0.25, 0.3) is 0 Å². The average molecular weight is 327 g/mol. The van der Waals surface area contributed by atoms with E-state index in [4.69, 9.17) is 23.2 Å². The van der Waals surface area contributed by atoms with Crippen molar-refractivity contribution >= 4 is 28.9 Å². The van der Waals surface area contributed by atoms with Crippen molar-refractivity contribution in [2.75, 3.05) is 43.5 Å². The van der Waals surface area contributed by atoms with Gasteiger partial charge in [-0.15, -0.1) is 11.6 Å². The minimum atomic E-state index is -4.42. The van der Waals surface area contributed by atoms with Crippen molar-refractivity contribution in [3.63, 3.8) is 0 Å².